The summed E-state index contributed by atoms with van der Waals surface area (Å²) >= 11 is 0. The molecule has 0 bridgehead atoms. The standard InChI is InChI=1S/C6H10O3/c1-4(3-7)6(9)5(2)8/h3-4,6,9H,1-2H3/t4-,6-/m1/s1. The molecule has 2 atom stereocenters. The SMILES string of the molecule is CC(=O)[C@H](O)[C@H](C)C=O. The summed E-state index contributed by atoms with van der Waals surface area (Å²) in [6.07, 6.45) is -0.561. The average Bonchev–Trinajstić information content (AvgIpc) is 1.84. The lowest BCUT2D eigenvalue weighted by atomic mass is 10.0. The molecule has 0 heterocycles. The third-order valence-corrected chi connectivity index (χ3v) is 1.13. The molecule has 3 heteroatoms. The number of carbonyl (C=O) groups excluding carboxylic acids is 2. The topological polar surface area (TPSA) is 54.4 Å². The van der Waals surface area contributed by atoms with Gasteiger partial charge in [-0.3, -0.25) is 4.79 Å². The molecule has 0 aromatic carbocycles. The van der Waals surface area contributed by atoms with Crippen molar-refractivity contribution in [1.82, 2.24) is 0 Å². The molecule has 0 aromatic rings. The quantitative estimate of drug-likeness (QED) is 0.537. The van der Waals surface area contributed by atoms with E-state index < -0.39 is 12.0 Å². The smallest absolute Gasteiger partial charge is 0.158 e. The molecular weight excluding hydrogens is 120 g/mol. The highest BCUT2D eigenvalue weighted by molar-refractivity contribution is 5.83. The van der Waals surface area contributed by atoms with Crippen molar-refractivity contribution in [2.24, 2.45) is 5.92 Å². The Morgan fingerprint density at radius 1 is 1.67 bits per heavy atom. The number of hydrogen-bond donors (Lipinski definition) is 1. The molecule has 3 nitrogen and oxygen atoms in total. The van der Waals surface area contributed by atoms with Gasteiger partial charge in [0.15, 0.2) is 5.78 Å². The fraction of sp³-hybridized carbons (Fsp3) is 0.667. The van der Waals surface area contributed by atoms with Gasteiger partial charge in [-0.25, -0.2) is 0 Å². The van der Waals surface area contributed by atoms with E-state index in [1.165, 1.54) is 13.8 Å². The van der Waals surface area contributed by atoms with Crippen molar-refractivity contribution in [3.05, 3.63) is 0 Å². The van der Waals surface area contributed by atoms with Crippen molar-refractivity contribution in [3.8, 4) is 0 Å². The molecule has 1 N–H and O–H groups in total. The van der Waals surface area contributed by atoms with Crippen LogP contribution in [0.3, 0.4) is 0 Å². The molecule has 9 heavy (non-hydrogen) atoms. The third-order valence-electron chi connectivity index (χ3n) is 1.13. The van der Waals surface area contributed by atoms with Crippen molar-refractivity contribution in [2.45, 2.75) is 20.0 Å². The molecule has 52 valence electrons. The zero-order valence-corrected chi connectivity index (χ0v) is 5.50. The van der Waals surface area contributed by atoms with Crippen molar-refractivity contribution in [1.29, 1.82) is 0 Å². The van der Waals surface area contributed by atoms with Gasteiger partial charge in [0.25, 0.3) is 0 Å². The van der Waals surface area contributed by atoms with E-state index in [1.54, 1.807) is 0 Å². The Morgan fingerprint density at radius 3 is 2.22 bits per heavy atom. The number of hydrogen-bond acceptors (Lipinski definition) is 3. The second-order valence-electron chi connectivity index (χ2n) is 2.05. The molecule has 0 spiro atoms. The van der Waals surface area contributed by atoms with Gasteiger partial charge >= 0.3 is 0 Å². The van der Waals surface area contributed by atoms with Gasteiger partial charge < -0.3 is 9.90 Å². The van der Waals surface area contributed by atoms with Gasteiger partial charge in [0.05, 0.1) is 0 Å². The number of rotatable bonds is 3. The Kier molecular flexibility index (Phi) is 3.09. The molecule has 0 aliphatic rings. The number of aldehydes is 1. The normalized spacial score (nSPS) is 16.3. The highest BCUT2D eigenvalue weighted by atomic mass is 16.3. The number of Topliss-reactive ketones (excluding diaryl/α,β-unsaturated/α-hetero) is 1. The summed E-state index contributed by atoms with van der Waals surface area (Å²) in [4.78, 5) is 20.3. The molecule has 0 aliphatic heterocycles. The van der Waals surface area contributed by atoms with Crippen LogP contribution < -0.4 is 0 Å². The van der Waals surface area contributed by atoms with Crippen LogP contribution in [0.4, 0.5) is 0 Å². The maximum Gasteiger partial charge on any atom is 0.158 e. The van der Waals surface area contributed by atoms with E-state index in [0.717, 1.165) is 0 Å². The Labute approximate surface area is 53.7 Å². The predicted octanol–water partition coefficient (Wildman–Crippen LogP) is -0.229. The first-order valence-electron chi connectivity index (χ1n) is 2.73. The minimum Gasteiger partial charge on any atom is -0.385 e. The fourth-order valence-electron chi connectivity index (χ4n) is 0.445. The molecule has 0 rings (SSSR count). The number of carbonyl (C=O) groups is 2. The minimum atomic E-state index is -1.12. The van der Waals surface area contributed by atoms with Crippen LogP contribution in [0.15, 0.2) is 0 Å². The highest BCUT2D eigenvalue weighted by Crippen LogP contribution is 1.98. The zero-order valence-electron chi connectivity index (χ0n) is 5.50. The second kappa shape index (κ2) is 3.35. The maximum absolute atomic E-state index is 10.3. The van der Waals surface area contributed by atoms with Crippen LogP contribution in [-0.2, 0) is 9.59 Å². The van der Waals surface area contributed by atoms with Crippen LogP contribution in [0, 0.1) is 5.92 Å². The van der Waals surface area contributed by atoms with E-state index >= 15 is 0 Å². The lowest BCUT2D eigenvalue weighted by Crippen LogP contribution is -2.26. The Hall–Kier alpha value is -0.700. The van der Waals surface area contributed by atoms with E-state index in [4.69, 9.17) is 5.11 Å². The van der Waals surface area contributed by atoms with Crippen molar-refractivity contribution in [3.63, 3.8) is 0 Å². The highest BCUT2D eigenvalue weighted by Gasteiger charge is 2.16. The lowest BCUT2D eigenvalue weighted by molar-refractivity contribution is -0.130. The maximum atomic E-state index is 10.3. The Morgan fingerprint density at radius 2 is 2.11 bits per heavy atom. The first kappa shape index (κ1) is 8.30. The van der Waals surface area contributed by atoms with Gasteiger partial charge in [0.1, 0.15) is 12.4 Å². The van der Waals surface area contributed by atoms with Gasteiger partial charge in [0.2, 0.25) is 0 Å². The van der Waals surface area contributed by atoms with Gasteiger partial charge in [-0.15, -0.1) is 0 Å². The molecule has 0 aliphatic carbocycles. The van der Waals surface area contributed by atoms with Gasteiger partial charge in [-0.2, -0.15) is 0 Å². The van der Waals surface area contributed by atoms with E-state index in [1.807, 2.05) is 0 Å². The van der Waals surface area contributed by atoms with Crippen LogP contribution in [0.5, 0.6) is 0 Å². The largest absolute Gasteiger partial charge is 0.385 e. The van der Waals surface area contributed by atoms with Gasteiger partial charge in [0, 0.05) is 5.92 Å². The number of aliphatic hydroxyl groups excluding tert-OH is 1. The van der Waals surface area contributed by atoms with Crippen LogP contribution in [0.25, 0.3) is 0 Å². The zero-order chi connectivity index (χ0) is 7.44. The Bertz CT molecular complexity index is 119. The molecular formula is C6H10O3. The predicted molar refractivity (Wildman–Crippen MR) is 31.9 cm³/mol. The summed E-state index contributed by atoms with van der Waals surface area (Å²) in [5.74, 6) is -0.947. The van der Waals surface area contributed by atoms with Crippen molar-refractivity contribution in [2.75, 3.05) is 0 Å². The molecule has 0 aromatic heterocycles. The second-order valence-corrected chi connectivity index (χ2v) is 2.05. The fourth-order valence-corrected chi connectivity index (χ4v) is 0.445. The molecule has 0 saturated heterocycles. The summed E-state index contributed by atoms with van der Waals surface area (Å²) in [6.45, 7) is 2.75. The van der Waals surface area contributed by atoms with E-state index in [9.17, 15) is 9.59 Å². The van der Waals surface area contributed by atoms with Gasteiger partial charge in [-0.1, -0.05) is 6.92 Å². The Balaban J connectivity index is 3.86. The summed E-state index contributed by atoms with van der Waals surface area (Å²) in [7, 11) is 0. The van der Waals surface area contributed by atoms with E-state index in [0.29, 0.717) is 6.29 Å². The summed E-state index contributed by atoms with van der Waals surface area (Å²) in [6, 6.07) is 0. The van der Waals surface area contributed by atoms with Crippen molar-refractivity contribution >= 4 is 12.1 Å². The monoisotopic (exact) mass is 130 g/mol. The summed E-state index contributed by atoms with van der Waals surface area (Å²) in [5.41, 5.74) is 0. The molecule has 0 saturated carbocycles. The first-order chi connectivity index (χ1) is 4.09. The third kappa shape index (κ3) is 2.37. The number of aliphatic hydroxyl groups is 1. The van der Waals surface area contributed by atoms with Crippen LogP contribution in [-0.4, -0.2) is 23.3 Å². The summed E-state index contributed by atoms with van der Waals surface area (Å²) in [5, 5.41) is 8.81. The van der Waals surface area contributed by atoms with E-state index in [2.05, 4.69) is 0 Å². The lowest BCUT2D eigenvalue weighted by Gasteiger charge is -2.07. The molecule has 0 radical (unpaired) electrons. The van der Waals surface area contributed by atoms with E-state index in [-0.39, 0.29) is 5.78 Å². The molecule has 0 amide bonds. The van der Waals surface area contributed by atoms with Crippen molar-refractivity contribution < 1.29 is 14.7 Å². The average molecular weight is 130 g/mol. The van der Waals surface area contributed by atoms with Crippen LogP contribution >= 0.6 is 0 Å². The molecule has 0 unspecified atom stereocenters. The van der Waals surface area contributed by atoms with Crippen LogP contribution in [0.1, 0.15) is 13.8 Å². The first-order valence-corrected chi connectivity index (χ1v) is 2.73. The minimum absolute atomic E-state index is 0.366. The van der Waals surface area contributed by atoms with Crippen LogP contribution in [0.2, 0.25) is 0 Å². The molecule has 0 fully saturated rings. The number of ketones is 1. The summed E-state index contributed by atoms with van der Waals surface area (Å²) < 4.78 is 0. The van der Waals surface area contributed by atoms with Gasteiger partial charge in [-0.05, 0) is 6.92 Å².